The van der Waals surface area contributed by atoms with Crippen LogP contribution in [0.25, 0.3) is 0 Å². The molecular weight excluding hydrogens is 213 g/mol. The quantitative estimate of drug-likeness (QED) is 0.853. The number of halogens is 1. The van der Waals surface area contributed by atoms with E-state index in [2.05, 4.69) is 5.32 Å². The fraction of sp³-hybridized carbons (Fsp3) is 0.364. The average Bonchev–Trinajstić information content (AvgIpc) is 2.28. The maximum Gasteiger partial charge on any atom is 0.253 e. The molecule has 0 aliphatic rings. The monoisotopic (exact) mass is 227 g/mol. The van der Waals surface area contributed by atoms with Crippen molar-refractivity contribution in [2.24, 2.45) is 0 Å². The van der Waals surface area contributed by atoms with Crippen molar-refractivity contribution in [2.45, 2.75) is 13.0 Å². The number of ether oxygens (including phenoxy) is 2. The molecule has 4 nitrogen and oxygen atoms in total. The molecule has 0 heterocycles. The third kappa shape index (κ3) is 2.93. The topological polar surface area (TPSA) is 47.6 Å². The van der Waals surface area contributed by atoms with Crippen LogP contribution in [0.5, 0.6) is 5.75 Å². The van der Waals surface area contributed by atoms with Crippen molar-refractivity contribution in [3.8, 4) is 5.75 Å². The van der Waals surface area contributed by atoms with Gasteiger partial charge in [-0.25, -0.2) is 4.39 Å². The molecule has 0 aliphatic heterocycles. The minimum atomic E-state index is -0.579. The van der Waals surface area contributed by atoms with Gasteiger partial charge in [0.2, 0.25) is 0 Å². The number of nitrogens with one attached hydrogen (secondary N) is 1. The SMILES string of the molecule is COc1ccc(NC(=O)C(C)OC)cc1F. The highest BCUT2D eigenvalue weighted by Crippen LogP contribution is 2.20. The average molecular weight is 227 g/mol. The number of carbonyl (C=O) groups excluding carboxylic acids is 1. The maximum atomic E-state index is 13.3. The minimum Gasteiger partial charge on any atom is -0.494 e. The zero-order chi connectivity index (χ0) is 12.1. The molecule has 0 bridgehead atoms. The van der Waals surface area contributed by atoms with E-state index in [1.807, 2.05) is 0 Å². The molecule has 88 valence electrons. The van der Waals surface area contributed by atoms with Crippen LogP contribution in [0.4, 0.5) is 10.1 Å². The van der Waals surface area contributed by atoms with Crippen LogP contribution in [-0.2, 0) is 9.53 Å². The second-order valence-electron chi connectivity index (χ2n) is 3.22. The molecule has 0 radical (unpaired) electrons. The maximum absolute atomic E-state index is 13.3. The second-order valence-corrected chi connectivity index (χ2v) is 3.22. The van der Waals surface area contributed by atoms with Gasteiger partial charge in [0.25, 0.3) is 5.91 Å². The highest BCUT2D eigenvalue weighted by Gasteiger charge is 2.12. The molecular formula is C11H14FNO3. The predicted molar refractivity (Wildman–Crippen MR) is 58.1 cm³/mol. The first kappa shape index (κ1) is 12.4. The molecule has 0 saturated heterocycles. The van der Waals surface area contributed by atoms with E-state index in [1.54, 1.807) is 13.0 Å². The van der Waals surface area contributed by atoms with E-state index in [0.717, 1.165) is 0 Å². The number of anilines is 1. The molecule has 0 aliphatic carbocycles. The van der Waals surface area contributed by atoms with Crippen LogP contribution in [0.15, 0.2) is 18.2 Å². The van der Waals surface area contributed by atoms with E-state index in [4.69, 9.17) is 9.47 Å². The highest BCUT2D eigenvalue weighted by molar-refractivity contribution is 5.93. The Balaban J connectivity index is 2.75. The third-order valence-electron chi connectivity index (χ3n) is 2.14. The summed E-state index contributed by atoms with van der Waals surface area (Å²) in [6, 6.07) is 4.20. The van der Waals surface area contributed by atoms with Gasteiger partial charge < -0.3 is 14.8 Å². The van der Waals surface area contributed by atoms with Crippen molar-refractivity contribution in [1.82, 2.24) is 0 Å². The smallest absolute Gasteiger partial charge is 0.253 e. The summed E-state index contributed by atoms with van der Waals surface area (Å²) in [7, 11) is 2.81. The lowest BCUT2D eigenvalue weighted by atomic mass is 10.2. The molecule has 1 rings (SSSR count). The lowest BCUT2D eigenvalue weighted by molar-refractivity contribution is -0.124. The number of methoxy groups -OCH3 is 2. The molecule has 1 aromatic carbocycles. The second kappa shape index (κ2) is 5.46. The molecule has 0 aromatic heterocycles. The van der Waals surface area contributed by atoms with Crippen LogP contribution in [0.3, 0.4) is 0 Å². The van der Waals surface area contributed by atoms with Crippen LogP contribution in [-0.4, -0.2) is 26.2 Å². The summed E-state index contributed by atoms with van der Waals surface area (Å²) in [6.07, 6.45) is -0.579. The Morgan fingerprint density at radius 2 is 2.12 bits per heavy atom. The number of hydrogen-bond donors (Lipinski definition) is 1. The van der Waals surface area contributed by atoms with Crippen molar-refractivity contribution in [2.75, 3.05) is 19.5 Å². The molecule has 16 heavy (non-hydrogen) atoms. The van der Waals surface area contributed by atoms with Gasteiger partial charge in [-0.15, -0.1) is 0 Å². The standard InChI is InChI=1S/C11H14FNO3/c1-7(15-2)11(14)13-8-4-5-10(16-3)9(12)6-8/h4-7H,1-3H3,(H,13,14). The number of amides is 1. The van der Waals surface area contributed by atoms with Gasteiger partial charge in [-0.1, -0.05) is 0 Å². The zero-order valence-corrected chi connectivity index (χ0v) is 9.41. The summed E-state index contributed by atoms with van der Waals surface area (Å²) in [5.41, 5.74) is 0.368. The van der Waals surface area contributed by atoms with Crippen molar-refractivity contribution >= 4 is 11.6 Å². The van der Waals surface area contributed by atoms with Crippen molar-refractivity contribution in [3.63, 3.8) is 0 Å². The fourth-order valence-electron chi connectivity index (χ4n) is 1.10. The lowest BCUT2D eigenvalue weighted by Gasteiger charge is -2.11. The minimum absolute atomic E-state index is 0.137. The van der Waals surface area contributed by atoms with Crippen molar-refractivity contribution < 1.29 is 18.7 Å². The Morgan fingerprint density at radius 3 is 2.62 bits per heavy atom. The lowest BCUT2D eigenvalue weighted by Crippen LogP contribution is -2.26. The van der Waals surface area contributed by atoms with E-state index < -0.39 is 11.9 Å². The Kier molecular flexibility index (Phi) is 4.25. The summed E-state index contributed by atoms with van der Waals surface area (Å²) in [4.78, 5) is 11.4. The molecule has 0 saturated carbocycles. The zero-order valence-electron chi connectivity index (χ0n) is 9.41. The number of carbonyl (C=O) groups is 1. The molecule has 1 amide bonds. The van der Waals surface area contributed by atoms with Crippen LogP contribution < -0.4 is 10.1 Å². The highest BCUT2D eigenvalue weighted by atomic mass is 19.1. The fourth-order valence-corrected chi connectivity index (χ4v) is 1.10. The number of benzene rings is 1. The summed E-state index contributed by atoms with van der Waals surface area (Å²) < 4.78 is 22.9. The molecule has 5 heteroatoms. The number of hydrogen-bond acceptors (Lipinski definition) is 3. The molecule has 1 N–H and O–H groups in total. The first-order valence-corrected chi connectivity index (χ1v) is 4.75. The molecule has 1 atom stereocenters. The predicted octanol–water partition coefficient (Wildman–Crippen LogP) is 1.81. The van der Waals surface area contributed by atoms with E-state index in [0.29, 0.717) is 5.69 Å². The van der Waals surface area contributed by atoms with Crippen LogP contribution >= 0.6 is 0 Å². The van der Waals surface area contributed by atoms with E-state index in [-0.39, 0.29) is 11.7 Å². The molecule has 0 fully saturated rings. The summed E-state index contributed by atoms with van der Waals surface area (Å²) in [5.74, 6) is -0.713. The van der Waals surface area contributed by atoms with Gasteiger partial charge in [0, 0.05) is 18.9 Å². The Labute approximate surface area is 93.4 Å². The van der Waals surface area contributed by atoms with Gasteiger partial charge in [0.1, 0.15) is 6.10 Å². The first-order chi connectivity index (χ1) is 7.58. The first-order valence-electron chi connectivity index (χ1n) is 4.75. The Morgan fingerprint density at radius 1 is 1.44 bits per heavy atom. The van der Waals surface area contributed by atoms with Gasteiger partial charge in [-0.2, -0.15) is 0 Å². The van der Waals surface area contributed by atoms with Gasteiger partial charge in [0.15, 0.2) is 11.6 Å². The van der Waals surface area contributed by atoms with Crippen molar-refractivity contribution in [1.29, 1.82) is 0 Å². The van der Waals surface area contributed by atoms with Gasteiger partial charge in [0.05, 0.1) is 7.11 Å². The molecule has 0 spiro atoms. The third-order valence-corrected chi connectivity index (χ3v) is 2.14. The van der Waals surface area contributed by atoms with Crippen LogP contribution in [0, 0.1) is 5.82 Å². The summed E-state index contributed by atoms with van der Waals surface area (Å²) in [5, 5.41) is 2.53. The Hall–Kier alpha value is -1.62. The molecule has 1 aromatic rings. The molecule has 1 unspecified atom stereocenters. The van der Waals surface area contributed by atoms with E-state index in [9.17, 15) is 9.18 Å². The summed E-state index contributed by atoms with van der Waals surface area (Å²) in [6.45, 7) is 1.61. The van der Waals surface area contributed by atoms with Crippen LogP contribution in [0.1, 0.15) is 6.92 Å². The summed E-state index contributed by atoms with van der Waals surface area (Å²) >= 11 is 0. The Bertz CT molecular complexity index is 381. The van der Waals surface area contributed by atoms with Gasteiger partial charge in [-0.05, 0) is 19.1 Å². The van der Waals surface area contributed by atoms with Gasteiger partial charge in [-0.3, -0.25) is 4.79 Å². The van der Waals surface area contributed by atoms with Crippen molar-refractivity contribution in [3.05, 3.63) is 24.0 Å². The van der Waals surface area contributed by atoms with E-state index in [1.165, 1.54) is 26.4 Å². The van der Waals surface area contributed by atoms with E-state index >= 15 is 0 Å². The van der Waals surface area contributed by atoms with Crippen LogP contribution in [0.2, 0.25) is 0 Å². The van der Waals surface area contributed by atoms with Gasteiger partial charge >= 0.3 is 0 Å². The largest absolute Gasteiger partial charge is 0.494 e. The number of rotatable bonds is 4. The normalized spacial score (nSPS) is 12.0.